The first-order chi connectivity index (χ1) is 13.7. The van der Waals surface area contributed by atoms with Gasteiger partial charge in [-0.25, -0.2) is 4.98 Å². The smallest absolute Gasteiger partial charge is 0.253 e. The number of thiazole rings is 1. The zero-order valence-electron chi connectivity index (χ0n) is 15.2. The first-order valence-electron chi connectivity index (χ1n) is 9.03. The third-order valence-corrected chi connectivity index (χ3v) is 6.49. The first-order valence-corrected chi connectivity index (χ1v) is 11.2. The van der Waals surface area contributed by atoms with Gasteiger partial charge in [0.25, 0.3) is 5.91 Å². The van der Waals surface area contributed by atoms with Crippen molar-refractivity contribution in [3.8, 4) is 5.75 Å². The van der Waals surface area contributed by atoms with Crippen LogP contribution in [0.15, 0.2) is 47.3 Å². The maximum Gasteiger partial charge on any atom is 0.253 e. The molecule has 0 radical (unpaired) electrons. The van der Waals surface area contributed by atoms with E-state index in [1.165, 1.54) is 4.88 Å². The Morgan fingerprint density at radius 1 is 1.11 bits per heavy atom. The molecule has 3 heterocycles. The second-order valence-corrected chi connectivity index (χ2v) is 9.09. The van der Waals surface area contributed by atoms with E-state index in [4.69, 9.17) is 16.3 Å². The van der Waals surface area contributed by atoms with Crippen molar-refractivity contribution < 1.29 is 9.53 Å². The maximum atomic E-state index is 12.8. The number of rotatable bonds is 6. The number of benzene rings is 1. The molecule has 0 N–H and O–H groups in total. The first kappa shape index (κ1) is 19.4. The van der Waals surface area contributed by atoms with Crippen LogP contribution in [0.1, 0.15) is 20.9 Å². The second-order valence-electron chi connectivity index (χ2n) is 6.57. The lowest BCUT2D eigenvalue weighted by atomic mass is 10.1. The molecular formula is C20H20ClN3O2S2. The van der Waals surface area contributed by atoms with E-state index >= 15 is 0 Å². The van der Waals surface area contributed by atoms with Crippen LogP contribution in [-0.4, -0.2) is 46.9 Å². The number of carbonyl (C=O) groups excluding carboxylic acids is 1. The van der Waals surface area contributed by atoms with E-state index < -0.39 is 0 Å². The van der Waals surface area contributed by atoms with Gasteiger partial charge in [0.05, 0.1) is 15.5 Å². The third kappa shape index (κ3) is 4.91. The van der Waals surface area contributed by atoms with Gasteiger partial charge in [0.15, 0.2) is 0 Å². The molecule has 0 atom stereocenters. The minimum atomic E-state index is 0.0740. The number of halogens is 1. The van der Waals surface area contributed by atoms with Crippen LogP contribution in [0.5, 0.6) is 5.75 Å². The molecule has 2 aromatic heterocycles. The quantitative estimate of drug-likeness (QED) is 0.578. The Kier molecular flexibility index (Phi) is 6.26. The normalized spacial score (nSPS) is 15.0. The monoisotopic (exact) mass is 433 g/mol. The highest BCUT2D eigenvalue weighted by atomic mass is 35.5. The maximum absolute atomic E-state index is 12.8. The summed E-state index contributed by atoms with van der Waals surface area (Å²) in [7, 11) is 0. The minimum Gasteiger partial charge on any atom is -0.487 e. The van der Waals surface area contributed by atoms with Crippen LogP contribution >= 0.6 is 34.3 Å². The number of hydrogen-bond acceptors (Lipinski definition) is 6. The van der Waals surface area contributed by atoms with Gasteiger partial charge in [-0.3, -0.25) is 9.69 Å². The van der Waals surface area contributed by atoms with Gasteiger partial charge in [0.2, 0.25) is 0 Å². The second kappa shape index (κ2) is 9.05. The minimum absolute atomic E-state index is 0.0740. The van der Waals surface area contributed by atoms with Crippen LogP contribution in [0.2, 0.25) is 4.34 Å². The zero-order chi connectivity index (χ0) is 19.3. The lowest BCUT2D eigenvalue weighted by Gasteiger charge is -2.34. The number of thiophene rings is 1. The van der Waals surface area contributed by atoms with Crippen molar-refractivity contribution >= 4 is 40.2 Å². The molecule has 3 aromatic rings. The largest absolute Gasteiger partial charge is 0.487 e. The highest BCUT2D eigenvalue weighted by Crippen LogP contribution is 2.23. The Morgan fingerprint density at radius 2 is 1.89 bits per heavy atom. The average molecular weight is 434 g/mol. The molecule has 5 nitrogen and oxygen atoms in total. The lowest BCUT2D eigenvalue weighted by molar-refractivity contribution is 0.0629. The van der Waals surface area contributed by atoms with E-state index in [2.05, 4.69) is 16.0 Å². The molecule has 1 aromatic carbocycles. The van der Waals surface area contributed by atoms with E-state index in [1.807, 2.05) is 40.6 Å². The molecule has 8 heteroatoms. The molecule has 0 spiro atoms. The van der Waals surface area contributed by atoms with Crippen LogP contribution < -0.4 is 4.74 Å². The standard InChI is InChI=1S/C20H20ClN3O2S2/c21-19-6-5-18(28-19)11-23-7-9-24(10-8-23)20(25)15-1-3-17(4-2-15)26-12-16-13-27-14-22-16/h1-6,13-14H,7-12H2. The van der Waals surface area contributed by atoms with Crippen LogP contribution in [0.25, 0.3) is 0 Å². The van der Waals surface area contributed by atoms with Crippen LogP contribution in [0.3, 0.4) is 0 Å². The fraction of sp³-hybridized carbons (Fsp3) is 0.300. The summed E-state index contributed by atoms with van der Waals surface area (Å²) in [6.45, 7) is 4.55. The van der Waals surface area contributed by atoms with Crippen LogP contribution in [0.4, 0.5) is 0 Å². The summed E-state index contributed by atoms with van der Waals surface area (Å²) in [5.41, 5.74) is 3.39. The van der Waals surface area contributed by atoms with Crippen molar-refractivity contribution in [3.05, 3.63) is 67.8 Å². The fourth-order valence-corrected chi connectivity index (χ4v) is 4.78. The van der Waals surface area contributed by atoms with Crippen LogP contribution in [-0.2, 0) is 13.2 Å². The molecule has 4 rings (SSSR count). The fourth-order valence-electron chi connectivity index (χ4n) is 3.11. The Hall–Kier alpha value is -1.93. The van der Waals surface area contributed by atoms with Gasteiger partial charge >= 0.3 is 0 Å². The summed E-state index contributed by atoms with van der Waals surface area (Å²) < 4.78 is 6.53. The summed E-state index contributed by atoms with van der Waals surface area (Å²) >= 11 is 9.17. The van der Waals surface area contributed by atoms with Crippen molar-refractivity contribution in [1.82, 2.24) is 14.8 Å². The van der Waals surface area contributed by atoms with Crippen molar-refractivity contribution in [2.75, 3.05) is 26.2 Å². The van der Waals surface area contributed by atoms with E-state index in [0.29, 0.717) is 12.2 Å². The van der Waals surface area contributed by atoms with Crippen molar-refractivity contribution in [2.24, 2.45) is 0 Å². The van der Waals surface area contributed by atoms with Gasteiger partial charge in [-0.05, 0) is 36.4 Å². The average Bonchev–Trinajstić information content (AvgIpc) is 3.39. The number of ether oxygens (including phenoxy) is 1. The Balaban J connectivity index is 1.27. The summed E-state index contributed by atoms with van der Waals surface area (Å²) in [6, 6.07) is 11.4. The van der Waals surface area contributed by atoms with Gasteiger partial charge in [-0.15, -0.1) is 22.7 Å². The van der Waals surface area contributed by atoms with Crippen molar-refractivity contribution in [2.45, 2.75) is 13.2 Å². The summed E-state index contributed by atoms with van der Waals surface area (Å²) in [6.07, 6.45) is 0. The predicted octanol–water partition coefficient (Wildman–Crippen LogP) is 4.40. The van der Waals surface area contributed by atoms with Crippen molar-refractivity contribution in [1.29, 1.82) is 0 Å². The molecule has 0 aliphatic carbocycles. The number of carbonyl (C=O) groups is 1. The topological polar surface area (TPSA) is 45.7 Å². The van der Waals surface area contributed by atoms with Gasteiger partial charge in [0.1, 0.15) is 12.4 Å². The highest BCUT2D eigenvalue weighted by Gasteiger charge is 2.22. The summed E-state index contributed by atoms with van der Waals surface area (Å²) in [5, 5.41) is 1.96. The van der Waals surface area contributed by atoms with E-state index in [9.17, 15) is 4.79 Å². The number of aromatic nitrogens is 1. The number of piperazine rings is 1. The van der Waals surface area contributed by atoms with E-state index in [-0.39, 0.29) is 5.91 Å². The number of nitrogens with zero attached hydrogens (tertiary/aromatic N) is 3. The molecular weight excluding hydrogens is 414 g/mol. The van der Waals surface area contributed by atoms with Gasteiger partial charge in [0, 0.05) is 48.5 Å². The summed E-state index contributed by atoms with van der Waals surface area (Å²) in [5.74, 6) is 0.814. The van der Waals surface area contributed by atoms with E-state index in [0.717, 1.165) is 48.5 Å². The molecule has 28 heavy (non-hydrogen) atoms. The molecule has 146 valence electrons. The van der Waals surface area contributed by atoms with Gasteiger partial charge in [-0.2, -0.15) is 0 Å². The summed E-state index contributed by atoms with van der Waals surface area (Å²) in [4.78, 5) is 22.5. The van der Waals surface area contributed by atoms with Gasteiger partial charge in [-0.1, -0.05) is 11.6 Å². The molecule has 1 amide bonds. The molecule has 1 aliphatic rings. The Bertz CT molecular complexity index is 904. The number of hydrogen-bond donors (Lipinski definition) is 0. The van der Waals surface area contributed by atoms with Gasteiger partial charge < -0.3 is 9.64 Å². The predicted molar refractivity (Wildman–Crippen MR) is 113 cm³/mol. The SMILES string of the molecule is O=C(c1ccc(OCc2cscn2)cc1)N1CCN(Cc2ccc(Cl)s2)CC1. The molecule has 1 saturated heterocycles. The molecule has 1 fully saturated rings. The number of amides is 1. The highest BCUT2D eigenvalue weighted by molar-refractivity contribution is 7.16. The zero-order valence-corrected chi connectivity index (χ0v) is 17.6. The van der Waals surface area contributed by atoms with E-state index in [1.54, 1.807) is 28.2 Å². The molecule has 0 bridgehead atoms. The molecule has 0 saturated carbocycles. The Morgan fingerprint density at radius 3 is 2.54 bits per heavy atom. The van der Waals surface area contributed by atoms with Crippen LogP contribution in [0, 0.1) is 0 Å². The van der Waals surface area contributed by atoms with Crippen molar-refractivity contribution in [3.63, 3.8) is 0 Å². The molecule has 1 aliphatic heterocycles. The lowest BCUT2D eigenvalue weighted by Crippen LogP contribution is -2.48. The molecule has 0 unspecified atom stereocenters. The third-order valence-electron chi connectivity index (χ3n) is 4.64. The Labute approximate surface area is 177 Å².